The zero-order chi connectivity index (χ0) is 43.6. The van der Waals surface area contributed by atoms with Crippen molar-refractivity contribution in [1.82, 2.24) is 5.32 Å². The number of carbonyl (C=O) groups is 1. The fourth-order valence-electron chi connectivity index (χ4n) is 7.62. The maximum atomic E-state index is 13.1. The third kappa shape index (κ3) is 28.9. The molecule has 1 saturated heterocycles. The summed E-state index contributed by atoms with van der Waals surface area (Å²) in [6, 6.07) is -1.04. The second-order valence-electron chi connectivity index (χ2n) is 16.8. The molecule has 1 heterocycles. The van der Waals surface area contributed by atoms with Crippen LogP contribution in [0.15, 0.2) is 12.2 Å². The van der Waals surface area contributed by atoms with Gasteiger partial charge in [-0.2, -0.15) is 8.42 Å². The van der Waals surface area contributed by atoms with E-state index in [4.69, 9.17) is 9.47 Å². The summed E-state index contributed by atoms with van der Waals surface area (Å²) in [5, 5.41) is 55.2. The average Bonchev–Trinajstić information content (AvgIpc) is 3.20. The highest BCUT2D eigenvalue weighted by Gasteiger charge is 2.48. The van der Waals surface area contributed by atoms with Gasteiger partial charge < -0.3 is 40.3 Å². The molecule has 1 fully saturated rings. The summed E-state index contributed by atoms with van der Waals surface area (Å²) in [5.74, 6) is -0.683. The lowest BCUT2D eigenvalue weighted by Crippen LogP contribution is -2.61. The standard InChI is InChI=1S/C45H87NO12S/c1-3-5-7-9-11-13-14-15-16-17-18-19-20-21-22-23-24-26-27-29-31-33-38(48)37(46-44(52)39(49)34-32-30-28-25-12-10-8-6-4-2)36-56-45-42(51)43(58-59(53,54)55)41(50)40(35-47)57-45/h10,12,37-43,45,47-51H,3-9,11,13-36H2,1-2H3,(H,46,52)(H,53,54,55)/b12-10-. The molecule has 1 aliphatic heterocycles. The zero-order valence-electron chi connectivity index (χ0n) is 36.9. The molecule has 59 heavy (non-hydrogen) atoms. The third-order valence-electron chi connectivity index (χ3n) is 11.4. The number of aliphatic hydroxyl groups is 5. The molecule has 7 N–H and O–H groups in total. The monoisotopic (exact) mass is 866 g/mol. The van der Waals surface area contributed by atoms with Gasteiger partial charge >= 0.3 is 10.4 Å². The van der Waals surface area contributed by atoms with E-state index < -0.39 is 78.5 Å². The molecule has 1 rings (SSSR count). The molecule has 350 valence electrons. The van der Waals surface area contributed by atoms with E-state index >= 15 is 0 Å². The first-order valence-electron chi connectivity index (χ1n) is 23.7. The van der Waals surface area contributed by atoms with Crippen LogP contribution in [-0.4, -0.2) is 107 Å². The first-order chi connectivity index (χ1) is 28.4. The summed E-state index contributed by atoms with van der Waals surface area (Å²) in [4.78, 5) is 13.1. The number of hydrogen-bond acceptors (Lipinski definition) is 11. The van der Waals surface area contributed by atoms with Crippen LogP contribution in [0.1, 0.15) is 206 Å². The lowest BCUT2D eigenvalue weighted by atomic mass is 9.99. The predicted molar refractivity (Wildman–Crippen MR) is 233 cm³/mol. The van der Waals surface area contributed by atoms with Crippen molar-refractivity contribution in [2.75, 3.05) is 13.2 Å². The van der Waals surface area contributed by atoms with Crippen LogP contribution in [0.4, 0.5) is 0 Å². The lowest BCUT2D eigenvalue weighted by molar-refractivity contribution is -0.298. The number of carbonyl (C=O) groups excluding carboxylic acids is 1. The number of aliphatic hydroxyl groups excluding tert-OH is 5. The normalized spacial score (nSPS) is 21.5. The Morgan fingerprint density at radius 3 is 1.58 bits per heavy atom. The zero-order valence-corrected chi connectivity index (χ0v) is 37.8. The summed E-state index contributed by atoms with van der Waals surface area (Å²) in [7, 11) is -5.11. The van der Waals surface area contributed by atoms with Gasteiger partial charge in [0, 0.05) is 0 Å². The van der Waals surface area contributed by atoms with Crippen molar-refractivity contribution in [2.24, 2.45) is 0 Å². The first-order valence-corrected chi connectivity index (χ1v) is 25.0. The predicted octanol–water partition coefficient (Wildman–Crippen LogP) is 8.14. The van der Waals surface area contributed by atoms with E-state index in [1.165, 1.54) is 116 Å². The summed E-state index contributed by atoms with van der Waals surface area (Å²) in [5.41, 5.74) is 0. The van der Waals surface area contributed by atoms with Gasteiger partial charge in [0.05, 0.1) is 25.4 Å². The summed E-state index contributed by atoms with van der Waals surface area (Å²) >= 11 is 0. The lowest BCUT2D eigenvalue weighted by Gasteiger charge is -2.41. The molecule has 14 heteroatoms. The fraction of sp³-hybridized carbons (Fsp3) is 0.933. The Morgan fingerprint density at radius 1 is 0.661 bits per heavy atom. The number of rotatable bonds is 40. The van der Waals surface area contributed by atoms with Gasteiger partial charge in [0.2, 0.25) is 5.91 Å². The van der Waals surface area contributed by atoms with Crippen LogP contribution in [0.25, 0.3) is 0 Å². The minimum atomic E-state index is -5.11. The van der Waals surface area contributed by atoms with Crippen molar-refractivity contribution < 1.29 is 57.0 Å². The number of amides is 1. The average molecular weight is 866 g/mol. The van der Waals surface area contributed by atoms with Gasteiger partial charge in [0.1, 0.15) is 30.5 Å². The highest BCUT2D eigenvalue weighted by Crippen LogP contribution is 2.26. The summed E-state index contributed by atoms with van der Waals surface area (Å²) < 4.78 is 47.5. The van der Waals surface area contributed by atoms with Crippen molar-refractivity contribution in [3.8, 4) is 0 Å². The van der Waals surface area contributed by atoms with Crippen molar-refractivity contribution in [3.05, 3.63) is 12.2 Å². The molecular formula is C45H87NO12S. The van der Waals surface area contributed by atoms with Gasteiger partial charge in [0.25, 0.3) is 0 Å². The van der Waals surface area contributed by atoms with Crippen molar-refractivity contribution >= 4 is 16.3 Å². The molecule has 0 bridgehead atoms. The number of ether oxygens (including phenoxy) is 2. The van der Waals surface area contributed by atoms with Gasteiger partial charge in [-0.05, 0) is 32.1 Å². The van der Waals surface area contributed by atoms with Crippen molar-refractivity contribution in [2.45, 2.75) is 255 Å². The van der Waals surface area contributed by atoms with E-state index in [0.29, 0.717) is 19.3 Å². The van der Waals surface area contributed by atoms with E-state index in [2.05, 4.69) is 35.5 Å². The molecule has 0 aromatic rings. The molecule has 0 saturated carbocycles. The maximum Gasteiger partial charge on any atom is 0.397 e. The van der Waals surface area contributed by atoms with E-state index in [-0.39, 0.29) is 6.42 Å². The summed E-state index contributed by atoms with van der Waals surface area (Å²) in [6.07, 6.45) is 27.1. The Hall–Kier alpha value is -1.20. The second-order valence-corrected chi connectivity index (χ2v) is 17.9. The van der Waals surface area contributed by atoms with E-state index in [1.54, 1.807) is 0 Å². The first kappa shape index (κ1) is 55.8. The van der Waals surface area contributed by atoms with Crippen molar-refractivity contribution in [3.63, 3.8) is 0 Å². The molecule has 8 atom stereocenters. The van der Waals surface area contributed by atoms with Crippen LogP contribution in [0.3, 0.4) is 0 Å². The fourth-order valence-corrected chi connectivity index (χ4v) is 8.13. The quantitative estimate of drug-likeness (QED) is 0.0177. The number of allylic oxidation sites excluding steroid dienone is 2. The maximum absolute atomic E-state index is 13.1. The number of nitrogens with one attached hydrogen (secondary N) is 1. The van der Waals surface area contributed by atoms with Gasteiger partial charge in [-0.25, -0.2) is 4.18 Å². The van der Waals surface area contributed by atoms with E-state index in [9.17, 15) is 43.3 Å². The summed E-state index contributed by atoms with van der Waals surface area (Å²) in [6.45, 7) is 3.22. The highest BCUT2D eigenvalue weighted by atomic mass is 32.3. The highest BCUT2D eigenvalue weighted by molar-refractivity contribution is 7.80. The topological polar surface area (TPSA) is 212 Å². The Balaban J connectivity index is 2.48. The van der Waals surface area contributed by atoms with Gasteiger partial charge in [-0.1, -0.05) is 187 Å². The minimum absolute atomic E-state index is 0.240. The Labute approximate surface area is 358 Å². The molecule has 0 radical (unpaired) electrons. The SMILES string of the molecule is CCCC/C=C\CCCCCC(O)C(=O)NC(COC1OC(CO)C(O)C(OS(=O)(=O)O)C1O)C(O)CCCCCCCCCCCCCCCCCCCCCCC. The Morgan fingerprint density at radius 2 is 1.10 bits per heavy atom. The van der Waals surface area contributed by atoms with Crippen LogP contribution < -0.4 is 5.32 Å². The van der Waals surface area contributed by atoms with Gasteiger partial charge in [0.15, 0.2) is 6.29 Å². The van der Waals surface area contributed by atoms with Crippen molar-refractivity contribution in [1.29, 1.82) is 0 Å². The molecule has 0 aromatic carbocycles. The van der Waals surface area contributed by atoms with Crippen LogP contribution in [-0.2, 0) is 28.9 Å². The molecule has 13 nitrogen and oxygen atoms in total. The van der Waals surface area contributed by atoms with Gasteiger partial charge in [-0.15, -0.1) is 0 Å². The molecule has 0 aliphatic carbocycles. The third-order valence-corrected chi connectivity index (χ3v) is 11.9. The number of unbranched alkanes of at least 4 members (excludes halogenated alkanes) is 25. The number of hydrogen-bond donors (Lipinski definition) is 7. The Bertz CT molecular complexity index is 1130. The largest absolute Gasteiger partial charge is 0.397 e. The molecule has 1 aliphatic rings. The molecule has 1 amide bonds. The van der Waals surface area contributed by atoms with E-state index in [1.807, 2.05) is 0 Å². The van der Waals surface area contributed by atoms with Crippen LogP contribution >= 0.6 is 0 Å². The van der Waals surface area contributed by atoms with Crippen LogP contribution in [0, 0.1) is 0 Å². The molecule has 0 spiro atoms. The van der Waals surface area contributed by atoms with Crippen LogP contribution in [0.5, 0.6) is 0 Å². The smallest absolute Gasteiger partial charge is 0.394 e. The van der Waals surface area contributed by atoms with Crippen LogP contribution in [0.2, 0.25) is 0 Å². The molecule has 8 unspecified atom stereocenters. The molecule has 0 aromatic heterocycles. The van der Waals surface area contributed by atoms with E-state index in [0.717, 1.165) is 51.4 Å². The second kappa shape index (κ2) is 36.3. The Kier molecular flexibility index (Phi) is 34.3. The van der Waals surface area contributed by atoms with Gasteiger partial charge in [-0.3, -0.25) is 9.35 Å². The minimum Gasteiger partial charge on any atom is -0.394 e. The molecular weight excluding hydrogens is 779 g/mol.